The third kappa shape index (κ3) is 2.18. The molecule has 0 saturated carbocycles. The molecule has 0 aliphatic carbocycles. The van der Waals surface area contributed by atoms with Gasteiger partial charge < -0.3 is 10.2 Å². The lowest BCUT2D eigenvalue weighted by atomic mass is 10.2. The summed E-state index contributed by atoms with van der Waals surface area (Å²) in [6.07, 6.45) is 1.53. The Morgan fingerprint density at radius 3 is 2.67 bits per heavy atom. The van der Waals surface area contributed by atoms with E-state index >= 15 is 0 Å². The molecule has 0 bridgehead atoms. The standard InChI is InChI=1S/C7H8BrNO2.BrH/c1-4-7(11)6(8)5(3-10)2-9-4;/h2,10-11H,3H2,1H3;1H. The fraction of sp³-hybridized carbons (Fsp3) is 0.286. The summed E-state index contributed by atoms with van der Waals surface area (Å²) < 4.78 is 0.521. The topological polar surface area (TPSA) is 53.4 Å². The van der Waals surface area contributed by atoms with E-state index in [2.05, 4.69) is 20.9 Å². The molecule has 0 aromatic carbocycles. The van der Waals surface area contributed by atoms with Crippen LogP contribution in [0.5, 0.6) is 5.75 Å². The van der Waals surface area contributed by atoms with Crippen LogP contribution < -0.4 is 0 Å². The Hall–Kier alpha value is -0.130. The SMILES string of the molecule is Br.Cc1ncc(CO)c(Br)c1O. The second kappa shape index (κ2) is 4.79. The van der Waals surface area contributed by atoms with Gasteiger partial charge in [0.2, 0.25) is 0 Å². The minimum Gasteiger partial charge on any atom is -0.505 e. The Labute approximate surface area is 89.3 Å². The van der Waals surface area contributed by atoms with Gasteiger partial charge in [0, 0.05) is 11.8 Å². The summed E-state index contributed by atoms with van der Waals surface area (Å²) in [7, 11) is 0. The number of rotatable bonds is 1. The van der Waals surface area contributed by atoms with E-state index in [9.17, 15) is 5.11 Å². The maximum atomic E-state index is 9.30. The van der Waals surface area contributed by atoms with Crippen molar-refractivity contribution in [3.63, 3.8) is 0 Å². The summed E-state index contributed by atoms with van der Waals surface area (Å²) in [6.45, 7) is 1.57. The summed E-state index contributed by atoms with van der Waals surface area (Å²) in [6, 6.07) is 0. The number of nitrogens with zero attached hydrogens (tertiary/aromatic N) is 1. The molecular weight excluding hydrogens is 290 g/mol. The van der Waals surface area contributed by atoms with Crippen LogP contribution in [0.25, 0.3) is 0 Å². The van der Waals surface area contributed by atoms with Crippen LogP contribution >= 0.6 is 32.9 Å². The quantitative estimate of drug-likeness (QED) is 0.833. The van der Waals surface area contributed by atoms with Gasteiger partial charge in [0.25, 0.3) is 0 Å². The maximum Gasteiger partial charge on any atom is 0.151 e. The van der Waals surface area contributed by atoms with Crippen LogP contribution in [0.4, 0.5) is 0 Å². The molecule has 1 heterocycles. The number of hydrogen-bond acceptors (Lipinski definition) is 3. The maximum absolute atomic E-state index is 9.30. The smallest absolute Gasteiger partial charge is 0.151 e. The minimum absolute atomic E-state index is 0. The van der Waals surface area contributed by atoms with Crippen molar-refractivity contribution in [1.82, 2.24) is 4.98 Å². The van der Waals surface area contributed by atoms with Crippen LogP contribution in [0.1, 0.15) is 11.3 Å². The Morgan fingerprint density at radius 1 is 1.58 bits per heavy atom. The molecule has 0 atom stereocenters. The fourth-order valence-corrected chi connectivity index (χ4v) is 1.23. The van der Waals surface area contributed by atoms with Gasteiger partial charge in [0.1, 0.15) is 0 Å². The molecule has 0 spiro atoms. The first kappa shape index (κ1) is 11.9. The number of hydrogen-bond donors (Lipinski definition) is 2. The summed E-state index contributed by atoms with van der Waals surface area (Å²) in [4.78, 5) is 3.87. The molecule has 1 aromatic heterocycles. The molecule has 1 rings (SSSR count). The van der Waals surface area contributed by atoms with E-state index in [0.29, 0.717) is 15.7 Å². The van der Waals surface area contributed by atoms with E-state index in [1.165, 1.54) is 6.20 Å². The van der Waals surface area contributed by atoms with E-state index in [4.69, 9.17) is 5.11 Å². The highest BCUT2D eigenvalue weighted by molar-refractivity contribution is 9.10. The van der Waals surface area contributed by atoms with E-state index in [1.807, 2.05) is 0 Å². The predicted molar refractivity (Wildman–Crippen MR) is 54.6 cm³/mol. The number of halogens is 2. The van der Waals surface area contributed by atoms with Crippen LogP contribution in [0.2, 0.25) is 0 Å². The van der Waals surface area contributed by atoms with Crippen molar-refractivity contribution in [2.24, 2.45) is 0 Å². The van der Waals surface area contributed by atoms with Gasteiger partial charge in [0.05, 0.1) is 16.8 Å². The Bertz CT molecular complexity index is 278. The lowest BCUT2D eigenvalue weighted by Crippen LogP contribution is -1.90. The average Bonchev–Trinajstić information content (AvgIpc) is 2.01. The molecule has 68 valence electrons. The van der Waals surface area contributed by atoms with E-state index < -0.39 is 0 Å². The van der Waals surface area contributed by atoms with Gasteiger partial charge in [-0.05, 0) is 22.9 Å². The van der Waals surface area contributed by atoms with Crippen LogP contribution in [0.15, 0.2) is 10.7 Å². The van der Waals surface area contributed by atoms with Crippen molar-refractivity contribution in [2.75, 3.05) is 0 Å². The van der Waals surface area contributed by atoms with Crippen molar-refractivity contribution in [3.05, 3.63) is 21.9 Å². The van der Waals surface area contributed by atoms with Gasteiger partial charge in [-0.3, -0.25) is 4.98 Å². The Kier molecular flexibility index (Phi) is 4.74. The molecule has 5 heteroatoms. The first-order valence-corrected chi connectivity index (χ1v) is 3.90. The Morgan fingerprint density at radius 2 is 2.17 bits per heavy atom. The lowest BCUT2D eigenvalue weighted by molar-refractivity contribution is 0.279. The number of aliphatic hydroxyl groups is 1. The molecule has 0 fully saturated rings. The van der Waals surface area contributed by atoms with Gasteiger partial charge >= 0.3 is 0 Å². The van der Waals surface area contributed by atoms with Crippen molar-refractivity contribution >= 4 is 32.9 Å². The summed E-state index contributed by atoms with van der Waals surface area (Å²) >= 11 is 3.14. The average molecular weight is 299 g/mol. The zero-order chi connectivity index (χ0) is 8.43. The number of aryl methyl sites for hydroxylation is 1. The third-order valence-corrected chi connectivity index (χ3v) is 2.30. The van der Waals surface area contributed by atoms with Crippen LogP contribution in [-0.2, 0) is 6.61 Å². The predicted octanol–water partition coefficient (Wildman–Crippen LogP) is 1.93. The molecule has 0 saturated heterocycles. The second-order valence-corrected chi connectivity index (χ2v) is 2.98. The van der Waals surface area contributed by atoms with Crippen molar-refractivity contribution in [1.29, 1.82) is 0 Å². The lowest BCUT2D eigenvalue weighted by Gasteiger charge is -2.03. The molecule has 1 aromatic rings. The zero-order valence-electron chi connectivity index (χ0n) is 6.41. The highest BCUT2D eigenvalue weighted by atomic mass is 79.9. The monoisotopic (exact) mass is 297 g/mol. The molecule has 0 radical (unpaired) electrons. The summed E-state index contributed by atoms with van der Waals surface area (Å²) in [5.74, 6) is 0.0940. The van der Waals surface area contributed by atoms with Crippen LogP contribution in [-0.4, -0.2) is 15.2 Å². The van der Waals surface area contributed by atoms with Crippen molar-refractivity contribution in [2.45, 2.75) is 13.5 Å². The van der Waals surface area contributed by atoms with Crippen molar-refractivity contribution < 1.29 is 10.2 Å². The van der Waals surface area contributed by atoms with E-state index in [1.54, 1.807) is 6.92 Å². The molecule has 0 amide bonds. The molecule has 0 unspecified atom stereocenters. The minimum atomic E-state index is -0.124. The molecule has 0 aliphatic heterocycles. The first-order valence-electron chi connectivity index (χ1n) is 3.10. The number of aliphatic hydroxyl groups excluding tert-OH is 1. The van der Waals surface area contributed by atoms with Crippen LogP contribution in [0, 0.1) is 6.92 Å². The van der Waals surface area contributed by atoms with Gasteiger partial charge in [-0.15, -0.1) is 17.0 Å². The first-order chi connectivity index (χ1) is 5.16. The highest BCUT2D eigenvalue weighted by Gasteiger charge is 2.06. The van der Waals surface area contributed by atoms with E-state index in [-0.39, 0.29) is 29.3 Å². The second-order valence-electron chi connectivity index (χ2n) is 2.19. The molecule has 2 N–H and O–H groups in total. The van der Waals surface area contributed by atoms with Gasteiger partial charge in [-0.25, -0.2) is 0 Å². The molecule has 12 heavy (non-hydrogen) atoms. The van der Waals surface area contributed by atoms with Gasteiger partial charge in [-0.1, -0.05) is 0 Å². The third-order valence-electron chi connectivity index (χ3n) is 1.42. The zero-order valence-corrected chi connectivity index (χ0v) is 9.71. The number of aromatic hydroxyl groups is 1. The van der Waals surface area contributed by atoms with Crippen LogP contribution in [0.3, 0.4) is 0 Å². The largest absolute Gasteiger partial charge is 0.505 e. The normalized spacial score (nSPS) is 9.25. The molecule has 3 nitrogen and oxygen atoms in total. The fourth-order valence-electron chi connectivity index (χ4n) is 0.714. The Balaban J connectivity index is 0.00000121. The molecular formula is C7H9Br2NO2. The molecule has 0 aliphatic rings. The van der Waals surface area contributed by atoms with Gasteiger partial charge in [-0.2, -0.15) is 0 Å². The summed E-state index contributed by atoms with van der Waals surface area (Å²) in [5, 5.41) is 18.1. The summed E-state index contributed by atoms with van der Waals surface area (Å²) in [5.41, 5.74) is 1.14. The number of aromatic nitrogens is 1. The number of pyridine rings is 1. The van der Waals surface area contributed by atoms with E-state index in [0.717, 1.165) is 0 Å². The van der Waals surface area contributed by atoms with Gasteiger partial charge in [0.15, 0.2) is 5.75 Å². The van der Waals surface area contributed by atoms with Crippen molar-refractivity contribution in [3.8, 4) is 5.75 Å². The highest BCUT2D eigenvalue weighted by Crippen LogP contribution is 2.28.